The van der Waals surface area contributed by atoms with Crippen LogP contribution in [0.3, 0.4) is 0 Å². The van der Waals surface area contributed by atoms with Crippen LogP contribution in [0.15, 0.2) is 0 Å². The lowest BCUT2D eigenvalue weighted by Gasteiger charge is -2.08. The Morgan fingerprint density at radius 3 is 2.57 bits per heavy atom. The highest BCUT2D eigenvalue weighted by atomic mass is 16.5. The Balaban J connectivity index is 3.35. The molecule has 0 aromatic rings. The van der Waals surface area contributed by atoms with E-state index in [0.717, 1.165) is 12.8 Å². The molecule has 0 aliphatic rings. The number of ether oxygens (including phenoxy) is 1. The van der Waals surface area contributed by atoms with Crippen LogP contribution in [0.2, 0.25) is 0 Å². The molecule has 0 N–H and O–H groups in total. The monoisotopic (exact) mass is 200 g/mol. The molecule has 0 heterocycles. The molecule has 2 nitrogen and oxygen atoms in total. The molecule has 84 valence electrons. The summed E-state index contributed by atoms with van der Waals surface area (Å²) < 4.78 is 5.00. The lowest BCUT2D eigenvalue weighted by Crippen LogP contribution is -2.10. The van der Waals surface area contributed by atoms with E-state index in [1.54, 1.807) is 7.11 Å². The van der Waals surface area contributed by atoms with Gasteiger partial charge in [0, 0.05) is 26.6 Å². The van der Waals surface area contributed by atoms with Crippen LogP contribution >= 0.6 is 0 Å². The van der Waals surface area contributed by atoms with Crippen molar-refractivity contribution in [3.8, 4) is 0 Å². The fourth-order valence-corrected chi connectivity index (χ4v) is 1.58. The molecule has 0 spiro atoms. The molecule has 0 aromatic carbocycles. The number of Topliss-reactive ketones (excluding diaryl/α,β-unsaturated/α-hetero) is 1. The van der Waals surface area contributed by atoms with Crippen LogP contribution in [-0.2, 0) is 9.53 Å². The fourth-order valence-electron chi connectivity index (χ4n) is 1.58. The summed E-state index contributed by atoms with van der Waals surface area (Å²) in [6, 6.07) is 0. The van der Waals surface area contributed by atoms with Crippen LogP contribution in [0.25, 0.3) is 0 Å². The van der Waals surface area contributed by atoms with Crippen LogP contribution in [0.5, 0.6) is 0 Å². The van der Waals surface area contributed by atoms with Gasteiger partial charge < -0.3 is 4.74 Å². The minimum absolute atomic E-state index is 0.374. The highest BCUT2D eigenvalue weighted by molar-refractivity contribution is 5.78. The molecule has 0 saturated heterocycles. The first-order valence-corrected chi connectivity index (χ1v) is 5.71. The first-order valence-electron chi connectivity index (χ1n) is 5.71. The van der Waals surface area contributed by atoms with E-state index in [4.69, 9.17) is 4.74 Å². The zero-order valence-corrected chi connectivity index (χ0v) is 9.84. The minimum Gasteiger partial charge on any atom is -0.384 e. The van der Waals surface area contributed by atoms with E-state index in [1.165, 1.54) is 19.3 Å². The number of carbonyl (C=O) groups is 1. The third kappa shape index (κ3) is 8.24. The molecule has 0 rings (SSSR count). The van der Waals surface area contributed by atoms with Gasteiger partial charge >= 0.3 is 0 Å². The van der Waals surface area contributed by atoms with Crippen molar-refractivity contribution in [3.63, 3.8) is 0 Å². The van der Waals surface area contributed by atoms with Crippen molar-refractivity contribution in [2.75, 3.05) is 13.7 Å². The molecular weight excluding hydrogens is 176 g/mol. The minimum atomic E-state index is 0.374. The van der Waals surface area contributed by atoms with Gasteiger partial charge in [-0.1, -0.05) is 33.1 Å². The molecule has 1 unspecified atom stereocenters. The van der Waals surface area contributed by atoms with Gasteiger partial charge in [-0.3, -0.25) is 4.79 Å². The molecule has 0 aromatic heterocycles. The molecule has 0 radical (unpaired) electrons. The SMILES string of the molecule is CCCCCCC(=O)CC(C)COC. The summed E-state index contributed by atoms with van der Waals surface area (Å²) in [6.07, 6.45) is 6.18. The van der Waals surface area contributed by atoms with Gasteiger partial charge in [0.1, 0.15) is 5.78 Å². The Hall–Kier alpha value is -0.370. The molecule has 0 aliphatic carbocycles. The Bertz CT molecular complexity index is 143. The van der Waals surface area contributed by atoms with Crippen molar-refractivity contribution >= 4 is 5.78 Å². The lowest BCUT2D eigenvalue weighted by atomic mass is 10.0. The van der Waals surface area contributed by atoms with Crippen molar-refractivity contribution < 1.29 is 9.53 Å². The summed E-state index contributed by atoms with van der Waals surface area (Å²) in [6.45, 7) is 4.94. The number of hydrogen-bond acceptors (Lipinski definition) is 2. The van der Waals surface area contributed by atoms with Gasteiger partial charge in [-0.15, -0.1) is 0 Å². The van der Waals surface area contributed by atoms with Gasteiger partial charge in [0.05, 0.1) is 0 Å². The van der Waals surface area contributed by atoms with Crippen molar-refractivity contribution in [1.82, 2.24) is 0 Å². The Labute approximate surface area is 88.0 Å². The Morgan fingerprint density at radius 1 is 1.29 bits per heavy atom. The van der Waals surface area contributed by atoms with Crippen LogP contribution in [0.4, 0.5) is 0 Å². The maximum atomic E-state index is 11.4. The van der Waals surface area contributed by atoms with E-state index in [-0.39, 0.29) is 0 Å². The normalized spacial score (nSPS) is 12.8. The average molecular weight is 200 g/mol. The summed E-state index contributed by atoms with van der Waals surface area (Å²) in [5, 5.41) is 0. The van der Waals surface area contributed by atoms with Crippen LogP contribution in [-0.4, -0.2) is 19.5 Å². The van der Waals surface area contributed by atoms with Gasteiger partial charge in [0.15, 0.2) is 0 Å². The fraction of sp³-hybridized carbons (Fsp3) is 0.917. The van der Waals surface area contributed by atoms with Crippen molar-refractivity contribution in [2.24, 2.45) is 5.92 Å². The van der Waals surface area contributed by atoms with E-state index < -0.39 is 0 Å². The predicted octanol–water partition coefficient (Wildman–Crippen LogP) is 3.20. The maximum Gasteiger partial charge on any atom is 0.133 e. The van der Waals surface area contributed by atoms with Gasteiger partial charge in [0.2, 0.25) is 0 Å². The van der Waals surface area contributed by atoms with Gasteiger partial charge in [-0.25, -0.2) is 0 Å². The average Bonchev–Trinajstić information content (AvgIpc) is 2.13. The molecule has 14 heavy (non-hydrogen) atoms. The number of unbranched alkanes of at least 4 members (excludes halogenated alkanes) is 3. The smallest absolute Gasteiger partial charge is 0.133 e. The van der Waals surface area contributed by atoms with Crippen LogP contribution in [0.1, 0.15) is 52.4 Å². The van der Waals surface area contributed by atoms with Gasteiger partial charge in [0.25, 0.3) is 0 Å². The third-order valence-electron chi connectivity index (χ3n) is 2.34. The van der Waals surface area contributed by atoms with Crippen molar-refractivity contribution in [2.45, 2.75) is 52.4 Å². The quantitative estimate of drug-likeness (QED) is 0.534. The second-order valence-corrected chi connectivity index (χ2v) is 4.11. The number of hydrogen-bond donors (Lipinski definition) is 0. The summed E-state index contributed by atoms with van der Waals surface area (Å²) in [7, 11) is 1.68. The molecule has 0 fully saturated rings. The van der Waals surface area contributed by atoms with E-state index in [0.29, 0.717) is 24.7 Å². The highest BCUT2D eigenvalue weighted by Gasteiger charge is 2.08. The molecule has 1 atom stereocenters. The van der Waals surface area contributed by atoms with Gasteiger partial charge in [-0.05, 0) is 12.3 Å². The van der Waals surface area contributed by atoms with E-state index in [9.17, 15) is 4.79 Å². The lowest BCUT2D eigenvalue weighted by molar-refractivity contribution is -0.120. The van der Waals surface area contributed by atoms with E-state index in [2.05, 4.69) is 13.8 Å². The summed E-state index contributed by atoms with van der Waals surface area (Å²) in [5.41, 5.74) is 0. The third-order valence-corrected chi connectivity index (χ3v) is 2.34. The van der Waals surface area contributed by atoms with E-state index in [1.807, 2.05) is 0 Å². The molecular formula is C12H24O2. The summed E-state index contributed by atoms with van der Waals surface area (Å²) in [5.74, 6) is 0.768. The molecule has 0 amide bonds. The molecule has 0 aliphatic heterocycles. The molecule has 0 bridgehead atoms. The van der Waals surface area contributed by atoms with Crippen molar-refractivity contribution in [3.05, 3.63) is 0 Å². The highest BCUT2D eigenvalue weighted by Crippen LogP contribution is 2.09. The van der Waals surface area contributed by atoms with E-state index >= 15 is 0 Å². The zero-order chi connectivity index (χ0) is 10.8. The maximum absolute atomic E-state index is 11.4. The number of carbonyl (C=O) groups excluding carboxylic acids is 1. The first kappa shape index (κ1) is 13.6. The topological polar surface area (TPSA) is 26.3 Å². The first-order chi connectivity index (χ1) is 6.70. The molecule has 0 saturated carbocycles. The number of ketones is 1. The second kappa shape index (κ2) is 9.20. The zero-order valence-electron chi connectivity index (χ0n) is 9.84. The summed E-state index contributed by atoms with van der Waals surface area (Å²) in [4.78, 5) is 11.4. The number of methoxy groups -OCH3 is 1. The molecule has 2 heteroatoms. The van der Waals surface area contributed by atoms with Crippen LogP contribution < -0.4 is 0 Å². The van der Waals surface area contributed by atoms with Crippen LogP contribution in [0, 0.1) is 5.92 Å². The standard InChI is InChI=1S/C12H24O2/c1-4-5-6-7-8-12(13)9-11(2)10-14-3/h11H,4-10H2,1-3H3. The van der Waals surface area contributed by atoms with Gasteiger partial charge in [-0.2, -0.15) is 0 Å². The largest absolute Gasteiger partial charge is 0.384 e. The second-order valence-electron chi connectivity index (χ2n) is 4.11. The Morgan fingerprint density at radius 2 is 2.00 bits per heavy atom. The predicted molar refractivity (Wildman–Crippen MR) is 59.4 cm³/mol. The summed E-state index contributed by atoms with van der Waals surface area (Å²) >= 11 is 0. The number of rotatable bonds is 9. The van der Waals surface area contributed by atoms with Crippen molar-refractivity contribution in [1.29, 1.82) is 0 Å². The Kier molecular flexibility index (Phi) is 8.95.